The number of rotatable bonds is 5. The van der Waals surface area contributed by atoms with E-state index in [1.54, 1.807) is 0 Å². The summed E-state index contributed by atoms with van der Waals surface area (Å²) < 4.78 is 36.7. The lowest BCUT2D eigenvalue weighted by Crippen LogP contribution is -2.23. The van der Waals surface area contributed by atoms with E-state index in [1.165, 1.54) is 5.38 Å². The molecule has 0 spiro atoms. The predicted molar refractivity (Wildman–Crippen MR) is 58.6 cm³/mol. The maximum Gasteiger partial charge on any atom is 0.443 e. The van der Waals surface area contributed by atoms with Gasteiger partial charge in [0, 0.05) is 11.4 Å². The fraction of sp³-hybridized carbons (Fsp3) is 0.700. The van der Waals surface area contributed by atoms with Crippen molar-refractivity contribution in [2.45, 2.75) is 38.9 Å². The molecule has 0 radical (unpaired) electrons. The van der Waals surface area contributed by atoms with Crippen LogP contribution in [0.5, 0.6) is 0 Å². The number of thiazole rings is 1. The van der Waals surface area contributed by atoms with Crippen LogP contribution < -0.4 is 5.32 Å². The highest BCUT2D eigenvalue weighted by Crippen LogP contribution is 2.31. The van der Waals surface area contributed by atoms with E-state index in [0.717, 1.165) is 13.0 Å². The molecule has 0 aliphatic rings. The molecule has 92 valence electrons. The van der Waals surface area contributed by atoms with E-state index in [9.17, 15) is 13.2 Å². The molecule has 6 heteroatoms. The number of aryl methyl sites for hydroxylation is 1. The van der Waals surface area contributed by atoms with Gasteiger partial charge in [0.25, 0.3) is 0 Å². The van der Waals surface area contributed by atoms with Crippen molar-refractivity contribution in [3.05, 3.63) is 16.1 Å². The Labute approximate surface area is 96.9 Å². The first-order valence-corrected chi connectivity index (χ1v) is 6.02. The molecule has 0 bridgehead atoms. The Morgan fingerprint density at radius 2 is 2.12 bits per heavy atom. The summed E-state index contributed by atoms with van der Waals surface area (Å²) in [6.07, 6.45) is -2.91. The number of halogens is 3. The Hall–Kier alpha value is -0.620. The quantitative estimate of drug-likeness (QED) is 0.814. The average Bonchev–Trinajstić information content (AvgIpc) is 2.59. The maximum atomic E-state index is 12.2. The Morgan fingerprint density at radius 3 is 2.62 bits per heavy atom. The lowest BCUT2D eigenvalue weighted by atomic mass is 10.2. The van der Waals surface area contributed by atoms with Gasteiger partial charge in [-0.3, -0.25) is 0 Å². The SMILES string of the molecule is CC(C)NCCCc1csc(C(F)(F)F)n1. The van der Waals surface area contributed by atoms with Gasteiger partial charge in [-0.15, -0.1) is 11.3 Å². The number of hydrogen-bond donors (Lipinski definition) is 1. The Kier molecular flexibility index (Phi) is 4.73. The minimum absolute atomic E-state index is 0.404. The van der Waals surface area contributed by atoms with Gasteiger partial charge in [0.1, 0.15) is 0 Å². The van der Waals surface area contributed by atoms with E-state index in [2.05, 4.69) is 10.3 Å². The lowest BCUT2D eigenvalue weighted by Gasteiger charge is -2.06. The summed E-state index contributed by atoms with van der Waals surface area (Å²) in [6, 6.07) is 0.404. The minimum Gasteiger partial charge on any atom is -0.315 e. The third kappa shape index (κ3) is 4.49. The van der Waals surface area contributed by atoms with E-state index < -0.39 is 11.2 Å². The van der Waals surface area contributed by atoms with E-state index in [4.69, 9.17) is 0 Å². The van der Waals surface area contributed by atoms with Crippen molar-refractivity contribution in [2.24, 2.45) is 0 Å². The van der Waals surface area contributed by atoms with Crippen molar-refractivity contribution in [3.8, 4) is 0 Å². The number of aromatic nitrogens is 1. The smallest absolute Gasteiger partial charge is 0.315 e. The largest absolute Gasteiger partial charge is 0.443 e. The van der Waals surface area contributed by atoms with Gasteiger partial charge in [0.05, 0.1) is 5.69 Å². The van der Waals surface area contributed by atoms with Crippen molar-refractivity contribution >= 4 is 11.3 Å². The molecule has 0 atom stereocenters. The molecule has 2 nitrogen and oxygen atoms in total. The second-order valence-electron chi connectivity index (χ2n) is 3.85. The molecule has 0 saturated carbocycles. The van der Waals surface area contributed by atoms with Gasteiger partial charge >= 0.3 is 6.18 Å². The Morgan fingerprint density at radius 1 is 1.44 bits per heavy atom. The molecule has 1 aromatic rings. The molecule has 0 unspecified atom stereocenters. The highest BCUT2D eigenvalue weighted by Gasteiger charge is 2.34. The normalized spacial score (nSPS) is 12.4. The van der Waals surface area contributed by atoms with Gasteiger partial charge in [-0.2, -0.15) is 13.2 Å². The zero-order valence-electron chi connectivity index (χ0n) is 9.27. The van der Waals surface area contributed by atoms with Crippen LogP contribution in [0, 0.1) is 0 Å². The molecule has 16 heavy (non-hydrogen) atoms. The number of alkyl halides is 3. The zero-order valence-corrected chi connectivity index (χ0v) is 10.1. The average molecular weight is 252 g/mol. The number of hydrogen-bond acceptors (Lipinski definition) is 3. The summed E-state index contributed by atoms with van der Waals surface area (Å²) in [6.45, 7) is 4.87. The van der Waals surface area contributed by atoms with Gasteiger partial charge in [0.2, 0.25) is 0 Å². The van der Waals surface area contributed by atoms with Gasteiger partial charge < -0.3 is 5.32 Å². The molecular formula is C10H15F3N2S. The van der Waals surface area contributed by atoms with Crippen LogP contribution in [0.2, 0.25) is 0 Å². The second kappa shape index (κ2) is 5.63. The van der Waals surface area contributed by atoms with Crippen molar-refractivity contribution < 1.29 is 13.2 Å². The molecule has 0 aromatic carbocycles. The predicted octanol–water partition coefficient (Wildman–Crippen LogP) is 3.09. The summed E-state index contributed by atoms with van der Waals surface area (Å²) in [5.41, 5.74) is 0.530. The van der Waals surface area contributed by atoms with E-state index >= 15 is 0 Å². The first kappa shape index (κ1) is 13.4. The third-order valence-electron chi connectivity index (χ3n) is 1.96. The number of nitrogens with zero attached hydrogens (tertiary/aromatic N) is 1. The van der Waals surface area contributed by atoms with E-state index in [1.807, 2.05) is 13.8 Å². The second-order valence-corrected chi connectivity index (χ2v) is 4.71. The van der Waals surface area contributed by atoms with Gasteiger partial charge in [-0.1, -0.05) is 13.8 Å². The third-order valence-corrected chi connectivity index (χ3v) is 2.89. The van der Waals surface area contributed by atoms with E-state index in [0.29, 0.717) is 29.5 Å². The fourth-order valence-corrected chi connectivity index (χ4v) is 1.93. The van der Waals surface area contributed by atoms with Crippen LogP contribution in [-0.4, -0.2) is 17.6 Å². The minimum atomic E-state index is -4.31. The summed E-state index contributed by atoms with van der Waals surface area (Å²) in [4.78, 5) is 3.56. The summed E-state index contributed by atoms with van der Waals surface area (Å²) in [5.74, 6) is 0. The van der Waals surface area contributed by atoms with Gasteiger partial charge in [0.15, 0.2) is 5.01 Å². The molecule has 1 rings (SSSR count). The summed E-state index contributed by atoms with van der Waals surface area (Å²) in [7, 11) is 0. The van der Waals surface area contributed by atoms with Crippen molar-refractivity contribution in [2.75, 3.05) is 6.54 Å². The van der Waals surface area contributed by atoms with Crippen LogP contribution in [0.3, 0.4) is 0 Å². The molecule has 1 heterocycles. The fourth-order valence-electron chi connectivity index (χ4n) is 1.21. The van der Waals surface area contributed by atoms with Gasteiger partial charge in [-0.05, 0) is 19.4 Å². The Balaban J connectivity index is 2.36. The first-order valence-electron chi connectivity index (χ1n) is 5.14. The Bertz CT molecular complexity index is 320. The number of nitrogens with one attached hydrogen (secondary N) is 1. The first-order chi connectivity index (χ1) is 7.39. The van der Waals surface area contributed by atoms with Crippen LogP contribution in [-0.2, 0) is 12.6 Å². The van der Waals surface area contributed by atoms with Gasteiger partial charge in [-0.25, -0.2) is 4.98 Å². The molecular weight excluding hydrogens is 237 g/mol. The molecule has 0 aliphatic heterocycles. The van der Waals surface area contributed by atoms with Crippen LogP contribution in [0.25, 0.3) is 0 Å². The summed E-state index contributed by atoms with van der Waals surface area (Å²) in [5, 5.41) is 3.94. The molecule has 0 aliphatic carbocycles. The standard InChI is InChI=1S/C10H15F3N2S/c1-7(2)14-5-3-4-8-6-16-9(15-8)10(11,12)13/h6-7,14H,3-5H2,1-2H3. The van der Waals surface area contributed by atoms with Crippen LogP contribution in [0.15, 0.2) is 5.38 Å². The van der Waals surface area contributed by atoms with E-state index in [-0.39, 0.29) is 0 Å². The zero-order chi connectivity index (χ0) is 12.2. The van der Waals surface area contributed by atoms with Crippen LogP contribution in [0.1, 0.15) is 31.0 Å². The molecule has 1 aromatic heterocycles. The topological polar surface area (TPSA) is 24.9 Å². The summed E-state index contributed by atoms with van der Waals surface area (Å²) >= 11 is 0.664. The molecule has 0 fully saturated rings. The molecule has 1 N–H and O–H groups in total. The van der Waals surface area contributed by atoms with Crippen LogP contribution in [0.4, 0.5) is 13.2 Å². The molecule has 0 amide bonds. The highest BCUT2D eigenvalue weighted by molar-refractivity contribution is 7.09. The van der Waals surface area contributed by atoms with Crippen molar-refractivity contribution in [1.82, 2.24) is 10.3 Å². The van der Waals surface area contributed by atoms with Crippen LogP contribution >= 0.6 is 11.3 Å². The monoisotopic (exact) mass is 252 g/mol. The maximum absolute atomic E-state index is 12.2. The highest BCUT2D eigenvalue weighted by atomic mass is 32.1. The van der Waals surface area contributed by atoms with Crippen molar-refractivity contribution in [1.29, 1.82) is 0 Å². The van der Waals surface area contributed by atoms with Crippen molar-refractivity contribution in [3.63, 3.8) is 0 Å². The molecule has 0 saturated heterocycles. The lowest BCUT2D eigenvalue weighted by molar-refractivity contribution is -0.137.